The number of ketones is 1. The molecule has 0 unspecified atom stereocenters. The van der Waals surface area contributed by atoms with Crippen LogP contribution in [-0.2, 0) is 0 Å². The van der Waals surface area contributed by atoms with E-state index in [1.807, 2.05) is 39.1 Å². The average Bonchev–Trinajstić information content (AvgIpc) is 3.00. The standard InChI is InChI=1S/C14H13ClO2S.C2H6/c1-3-17-11-7-6-10(13(15)9(11)2)14(16)12-5-4-8-18-12;1-2/h4-8H,3H2,1-2H3;1-2H3. The zero-order chi connectivity index (χ0) is 15.1. The summed E-state index contributed by atoms with van der Waals surface area (Å²) in [5, 5.41) is 2.35. The van der Waals surface area contributed by atoms with Crippen LogP contribution in [0.15, 0.2) is 29.6 Å². The Morgan fingerprint density at radius 2 is 2.00 bits per heavy atom. The normalized spacial score (nSPS) is 9.65. The zero-order valence-corrected chi connectivity index (χ0v) is 13.8. The van der Waals surface area contributed by atoms with Crippen molar-refractivity contribution in [1.29, 1.82) is 0 Å². The number of benzene rings is 1. The second-order valence-electron chi connectivity index (χ2n) is 3.79. The lowest BCUT2D eigenvalue weighted by molar-refractivity contribution is 0.104. The number of thiophene rings is 1. The maximum Gasteiger partial charge on any atom is 0.204 e. The van der Waals surface area contributed by atoms with E-state index in [4.69, 9.17) is 16.3 Å². The first-order valence-electron chi connectivity index (χ1n) is 6.65. The third-order valence-electron chi connectivity index (χ3n) is 2.63. The van der Waals surface area contributed by atoms with E-state index < -0.39 is 0 Å². The van der Waals surface area contributed by atoms with Gasteiger partial charge in [-0.1, -0.05) is 31.5 Å². The van der Waals surface area contributed by atoms with Crippen LogP contribution in [0.4, 0.5) is 0 Å². The first-order valence-corrected chi connectivity index (χ1v) is 7.91. The molecule has 0 spiro atoms. The van der Waals surface area contributed by atoms with Gasteiger partial charge in [0, 0.05) is 11.1 Å². The van der Waals surface area contributed by atoms with Gasteiger partial charge in [-0.2, -0.15) is 0 Å². The summed E-state index contributed by atoms with van der Waals surface area (Å²) in [7, 11) is 0. The summed E-state index contributed by atoms with van der Waals surface area (Å²) in [4.78, 5) is 12.9. The summed E-state index contributed by atoms with van der Waals surface area (Å²) in [5.74, 6) is 0.686. The fourth-order valence-electron chi connectivity index (χ4n) is 1.70. The Kier molecular flexibility index (Phi) is 6.76. The summed E-state index contributed by atoms with van der Waals surface area (Å²) >= 11 is 7.67. The van der Waals surface area contributed by atoms with E-state index in [0.29, 0.717) is 22.1 Å². The van der Waals surface area contributed by atoms with Gasteiger partial charge in [0.15, 0.2) is 0 Å². The van der Waals surface area contributed by atoms with Gasteiger partial charge in [0.25, 0.3) is 0 Å². The molecule has 2 aromatic rings. The molecule has 0 fully saturated rings. The molecule has 0 aliphatic carbocycles. The van der Waals surface area contributed by atoms with Crippen molar-refractivity contribution < 1.29 is 9.53 Å². The summed E-state index contributed by atoms with van der Waals surface area (Å²) in [6, 6.07) is 7.18. The van der Waals surface area contributed by atoms with Gasteiger partial charge in [-0.15, -0.1) is 11.3 Å². The first-order chi connectivity index (χ1) is 9.65. The SMILES string of the molecule is CC.CCOc1ccc(C(=O)c2cccs2)c(Cl)c1C. The first kappa shape index (κ1) is 16.7. The summed E-state index contributed by atoms with van der Waals surface area (Å²) < 4.78 is 5.45. The number of hydrogen-bond acceptors (Lipinski definition) is 3. The van der Waals surface area contributed by atoms with Gasteiger partial charge in [0.2, 0.25) is 5.78 Å². The Hall–Kier alpha value is -1.32. The smallest absolute Gasteiger partial charge is 0.204 e. The predicted octanol–water partition coefficient (Wildman–Crippen LogP) is 5.37. The number of halogens is 1. The van der Waals surface area contributed by atoms with Crippen molar-refractivity contribution in [1.82, 2.24) is 0 Å². The average molecular weight is 311 g/mol. The molecule has 108 valence electrons. The molecule has 0 aliphatic heterocycles. The van der Waals surface area contributed by atoms with E-state index in [1.165, 1.54) is 11.3 Å². The molecular formula is C16H19ClO2S. The van der Waals surface area contributed by atoms with E-state index in [0.717, 1.165) is 11.3 Å². The molecular weight excluding hydrogens is 292 g/mol. The van der Waals surface area contributed by atoms with Crippen LogP contribution in [0.2, 0.25) is 5.02 Å². The van der Waals surface area contributed by atoms with Crippen molar-refractivity contribution in [3.8, 4) is 5.75 Å². The van der Waals surface area contributed by atoms with E-state index in [1.54, 1.807) is 18.2 Å². The van der Waals surface area contributed by atoms with Crippen LogP contribution in [0, 0.1) is 6.92 Å². The highest BCUT2D eigenvalue weighted by Gasteiger charge is 2.17. The molecule has 2 rings (SSSR count). The van der Waals surface area contributed by atoms with Crippen molar-refractivity contribution >= 4 is 28.7 Å². The van der Waals surface area contributed by atoms with Crippen LogP contribution in [0.3, 0.4) is 0 Å². The lowest BCUT2D eigenvalue weighted by Gasteiger charge is -2.11. The summed E-state index contributed by atoms with van der Waals surface area (Å²) in [6.45, 7) is 8.35. The molecule has 1 aromatic carbocycles. The highest BCUT2D eigenvalue weighted by Crippen LogP contribution is 2.31. The van der Waals surface area contributed by atoms with E-state index in [-0.39, 0.29) is 5.78 Å². The van der Waals surface area contributed by atoms with Crippen LogP contribution in [-0.4, -0.2) is 12.4 Å². The van der Waals surface area contributed by atoms with Gasteiger partial charge >= 0.3 is 0 Å². The molecule has 2 nitrogen and oxygen atoms in total. The molecule has 20 heavy (non-hydrogen) atoms. The van der Waals surface area contributed by atoms with E-state index >= 15 is 0 Å². The molecule has 1 heterocycles. The number of ether oxygens (including phenoxy) is 1. The third-order valence-corrected chi connectivity index (χ3v) is 3.98. The van der Waals surface area contributed by atoms with Gasteiger partial charge in [-0.05, 0) is 37.4 Å². The molecule has 4 heteroatoms. The lowest BCUT2D eigenvalue weighted by Crippen LogP contribution is -2.02. The molecule has 0 radical (unpaired) electrons. The number of carbonyl (C=O) groups is 1. The maximum atomic E-state index is 12.2. The van der Waals surface area contributed by atoms with Crippen molar-refractivity contribution in [3.05, 3.63) is 50.7 Å². The van der Waals surface area contributed by atoms with Crippen LogP contribution in [0.25, 0.3) is 0 Å². The van der Waals surface area contributed by atoms with Gasteiger partial charge < -0.3 is 4.74 Å². The Balaban J connectivity index is 0.000000956. The van der Waals surface area contributed by atoms with Crippen LogP contribution in [0.5, 0.6) is 5.75 Å². The molecule has 0 bridgehead atoms. The fraction of sp³-hybridized carbons (Fsp3) is 0.312. The number of rotatable bonds is 4. The van der Waals surface area contributed by atoms with Gasteiger partial charge in [0.05, 0.1) is 16.5 Å². The number of hydrogen-bond donors (Lipinski definition) is 0. The van der Waals surface area contributed by atoms with Crippen LogP contribution in [0.1, 0.15) is 41.6 Å². The fourth-order valence-corrected chi connectivity index (χ4v) is 2.61. The molecule has 0 N–H and O–H groups in total. The zero-order valence-electron chi connectivity index (χ0n) is 12.2. The van der Waals surface area contributed by atoms with Crippen molar-refractivity contribution in [2.75, 3.05) is 6.61 Å². The van der Waals surface area contributed by atoms with Crippen molar-refractivity contribution in [3.63, 3.8) is 0 Å². The molecule has 1 aromatic heterocycles. The van der Waals surface area contributed by atoms with E-state index in [9.17, 15) is 4.79 Å². The molecule has 0 amide bonds. The van der Waals surface area contributed by atoms with Gasteiger partial charge in [-0.3, -0.25) is 4.79 Å². The van der Waals surface area contributed by atoms with E-state index in [2.05, 4.69) is 0 Å². The highest BCUT2D eigenvalue weighted by molar-refractivity contribution is 7.12. The van der Waals surface area contributed by atoms with Crippen molar-refractivity contribution in [2.24, 2.45) is 0 Å². The van der Waals surface area contributed by atoms with Crippen LogP contribution >= 0.6 is 22.9 Å². The third kappa shape index (κ3) is 3.62. The number of carbonyl (C=O) groups excluding carboxylic acids is 1. The second-order valence-corrected chi connectivity index (χ2v) is 5.12. The Morgan fingerprint density at radius 3 is 2.55 bits per heavy atom. The quantitative estimate of drug-likeness (QED) is 0.710. The maximum absolute atomic E-state index is 12.2. The minimum Gasteiger partial charge on any atom is -0.494 e. The minimum absolute atomic E-state index is 0.0406. The largest absolute Gasteiger partial charge is 0.494 e. The van der Waals surface area contributed by atoms with Gasteiger partial charge in [-0.25, -0.2) is 0 Å². The topological polar surface area (TPSA) is 26.3 Å². The van der Waals surface area contributed by atoms with Crippen molar-refractivity contribution in [2.45, 2.75) is 27.7 Å². The Bertz CT molecular complexity index is 562. The predicted molar refractivity (Wildman–Crippen MR) is 86.5 cm³/mol. The monoisotopic (exact) mass is 310 g/mol. The second kappa shape index (κ2) is 8.08. The highest BCUT2D eigenvalue weighted by atomic mass is 35.5. The summed E-state index contributed by atoms with van der Waals surface area (Å²) in [5.41, 5.74) is 1.33. The molecule has 0 aliphatic rings. The molecule has 0 saturated carbocycles. The van der Waals surface area contributed by atoms with Crippen LogP contribution < -0.4 is 4.74 Å². The summed E-state index contributed by atoms with van der Waals surface area (Å²) in [6.07, 6.45) is 0. The lowest BCUT2D eigenvalue weighted by atomic mass is 10.1. The molecule has 0 atom stereocenters. The molecule has 0 saturated heterocycles. The minimum atomic E-state index is -0.0406. The van der Waals surface area contributed by atoms with Gasteiger partial charge in [0.1, 0.15) is 5.75 Å². The Labute approximate surface area is 129 Å². The Morgan fingerprint density at radius 1 is 1.30 bits per heavy atom.